The Kier molecular flexibility index (Phi) is 3.90. The van der Waals surface area contributed by atoms with E-state index in [0.717, 1.165) is 25.7 Å². The summed E-state index contributed by atoms with van der Waals surface area (Å²) in [4.78, 5) is 11.9. The van der Waals surface area contributed by atoms with Gasteiger partial charge in [-0.25, -0.2) is 0 Å². The van der Waals surface area contributed by atoms with Crippen LogP contribution in [-0.4, -0.2) is 32.1 Å². The van der Waals surface area contributed by atoms with Crippen LogP contribution in [0.1, 0.15) is 57.3 Å². The Bertz CT molecular complexity index is 384. The van der Waals surface area contributed by atoms with Gasteiger partial charge in [-0.15, -0.1) is 10.2 Å². The van der Waals surface area contributed by atoms with Gasteiger partial charge in [0.2, 0.25) is 5.91 Å². The average molecular weight is 252 g/mol. The molecule has 1 amide bonds. The van der Waals surface area contributed by atoms with E-state index in [2.05, 4.69) is 25.9 Å². The Hall–Kier alpha value is -1.50. The molecule has 1 aliphatic rings. The van der Waals surface area contributed by atoms with Gasteiger partial charge in [0.1, 0.15) is 0 Å². The quantitative estimate of drug-likeness (QED) is 0.719. The molecule has 0 bridgehead atoms. The molecule has 0 aromatic carbocycles. The number of aromatic amines is 1. The SMILES string of the molecule is CC(NC(=O)CC1(N)CCCCC1)c1nn[nH]n1. The molecule has 0 aliphatic heterocycles. The van der Waals surface area contributed by atoms with Crippen molar-refractivity contribution in [3.63, 3.8) is 0 Å². The van der Waals surface area contributed by atoms with Crippen molar-refractivity contribution >= 4 is 5.91 Å². The fourth-order valence-corrected chi connectivity index (χ4v) is 2.46. The molecular formula is C11H20N6O. The van der Waals surface area contributed by atoms with Gasteiger partial charge in [0.25, 0.3) is 0 Å². The van der Waals surface area contributed by atoms with E-state index in [1.54, 1.807) is 0 Å². The first kappa shape index (κ1) is 12.9. The summed E-state index contributed by atoms with van der Waals surface area (Å²) in [6, 6.07) is -0.247. The van der Waals surface area contributed by atoms with Crippen molar-refractivity contribution in [1.82, 2.24) is 25.9 Å². The minimum absolute atomic E-state index is 0.0447. The number of carbonyl (C=O) groups is 1. The van der Waals surface area contributed by atoms with Crippen LogP contribution in [0.4, 0.5) is 0 Å². The summed E-state index contributed by atoms with van der Waals surface area (Å²) in [5.41, 5.74) is 5.91. The first-order chi connectivity index (χ1) is 8.59. The van der Waals surface area contributed by atoms with Crippen LogP contribution >= 0.6 is 0 Å². The average Bonchev–Trinajstić information content (AvgIpc) is 2.82. The molecule has 2 rings (SSSR count). The smallest absolute Gasteiger partial charge is 0.222 e. The van der Waals surface area contributed by atoms with E-state index in [0.29, 0.717) is 12.2 Å². The van der Waals surface area contributed by atoms with Crippen molar-refractivity contribution in [2.24, 2.45) is 5.73 Å². The second kappa shape index (κ2) is 5.43. The van der Waals surface area contributed by atoms with E-state index in [1.807, 2.05) is 6.92 Å². The summed E-state index contributed by atoms with van der Waals surface area (Å²) < 4.78 is 0. The molecule has 100 valence electrons. The number of H-pyrrole nitrogens is 1. The zero-order valence-corrected chi connectivity index (χ0v) is 10.6. The van der Waals surface area contributed by atoms with E-state index in [1.165, 1.54) is 6.42 Å². The van der Waals surface area contributed by atoms with Crippen molar-refractivity contribution in [3.05, 3.63) is 5.82 Å². The number of hydrogen-bond donors (Lipinski definition) is 3. The minimum atomic E-state index is -0.334. The maximum Gasteiger partial charge on any atom is 0.222 e. The lowest BCUT2D eigenvalue weighted by molar-refractivity contribution is -0.123. The molecule has 7 heteroatoms. The van der Waals surface area contributed by atoms with Crippen molar-refractivity contribution in [1.29, 1.82) is 0 Å². The summed E-state index contributed by atoms with van der Waals surface area (Å²) >= 11 is 0. The lowest BCUT2D eigenvalue weighted by Crippen LogP contribution is -2.46. The summed E-state index contributed by atoms with van der Waals surface area (Å²) in [7, 11) is 0. The number of tetrazole rings is 1. The minimum Gasteiger partial charge on any atom is -0.346 e. The van der Waals surface area contributed by atoms with Crippen LogP contribution in [0, 0.1) is 0 Å². The summed E-state index contributed by atoms with van der Waals surface area (Å²) in [5, 5.41) is 16.4. The summed E-state index contributed by atoms with van der Waals surface area (Å²) in [6.07, 6.45) is 5.68. The highest BCUT2D eigenvalue weighted by Crippen LogP contribution is 2.28. The van der Waals surface area contributed by atoms with Crippen LogP contribution in [0.2, 0.25) is 0 Å². The molecule has 7 nitrogen and oxygen atoms in total. The third-order valence-electron chi connectivity index (χ3n) is 3.49. The first-order valence-electron chi connectivity index (χ1n) is 6.41. The third-order valence-corrected chi connectivity index (χ3v) is 3.49. The number of hydrogen-bond acceptors (Lipinski definition) is 5. The summed E-state index contributed by atoms with van der Waals surface area (Å²) in [5.74, 6) is 0.440. The molecule has 1 aromatic rings. The van der Waals surface area contributed by atoms with Gasteiger partial charge in [0, 0.05) is 12.0 Å². The van der Waals surface area contributed by atoms with Crippen molar-refractivity contribution in [2.45, 2.75) is 57.0 Å². The van der Waals surface area contributed by atoms with E-state index < -0.39 is 0 Å². The Morgan fingerprint density at radius 2 is 2.22 bits per heavy atom. The van der Waals surface area contributed by atoms with Gasteiger partial charge in [-0.05, 0) is 19.8 Å². The third kappa shape index (κ3) is 3.25. The molecule has 18 heavy (non-hydrogen) atoms. The number of nitrogens with two attached hydrogens (primary N) is 1. The number of nitrogens with zero attached hydrogens (tertiary/aromatic N) is 3. The second-order valence-electron chi connectivity index (χ2n) is 5.16. The molecule has 1 saturated carbocycles. The fourth-order valence-electron chi connectivity index (χ4n) is 2.46. The monoisotopic (exact) mass is 252 g/mol. The van der Waals surface area contributed by atoms with E-state index in [4.69, 9.17) is 5.73 Å². The highest BCUT2D eigenvalue weighted by Gasteiger charge is 2.30. The fraction of sp³-hybridized carbons (Fsp3) is 0.818. The number of amides is 1. The first-order valence-corrected chi connectivity index (χ1v) is 6.41. The molecule has 1 heterocycles. The predicted octanol–water partition coefficient (Wildman–Crippen LogP) is 0.429. The number of nitrogens with one attached hydrogen (secondary N) is 2. The zero-order valence-electron chi connectivity index (χ0n) is 10.6. The van der Waals surface area contributed by atoms with Crippen LogP contribution in [0.5, 0.6) is 0 Å². The van der Waals surface area contributed by atoms with Crippen LogP contribution in [0.25, 0.3) is 0 Å². The second-order valence-corrected chi connectivity index (χ2v) is 5.16. The maximum atomic E-state index is 11.9. The highest BCUT2D eigenvalue weighted by molar-refractivity contribution is 5.77. The van der Waals surface area contributed by atoms with Crippen LogP contribution in [0.3, 0.4) is 0 Å². The van der Waals surface area contributed by atoms with Crippen LogP contribution in [0.15, 0.2) is 0 Å². The molecule has 1 unspecified atom stereocenters. The molecule has 1 aromatic heterocycles. The Morgan fingerprint density at radius 1 is 1.50 bits per heavy atom. The largest absolute Gasteiger partial charge is 0.346 e. The Morgan fingerprint density at radius 3 is 2.83 bits per heavy atom. The topological polar surface area (TPSA) is 110 Å². The van der Waals surface area contributed by atoms with Gasteiger partial charge in [-0.2, -0.15) is 5.21 Å². The highest BCUT2D eigenvalue weighted by atomic mass is 16.1. The molecular weight excluding hydrogens is 232 g/mol. The van der Waals surface area contributed by atoms with Crippen LogP contribution in [-0.2, 0) is 4.79 Å². The molecule has 1 atom stereocenters. The molecule has 1 fully saturated rings. The van der Waals surface area contributed by atoms with Crippen LogP contribution < -0.4 is 11.1 Å². The normalized spacial score (nSPS) is 20.3. The Labute approximate surface area is 106 Å². The van der Waals surface area contributed by atoms with E-state index in [9.17, 15) is 4.79 Å². The van der Waals surface area contributed by atoms with Crippen molar-refractivity contribution in [3.8, 4) is 0 Å². The van der Waals surface area contributed by atoms with Gasteiger partial charge in [0.05, 0.1) is 6.04 Å². The number of aromatic nitrogens is 4. The van der Waals surface area contributed by atoms with E-state index in [-0.39, 0.29) is 17.5 Å². The molecule has 0 spiro atoms. The lowest BCUT2D eigenvalue weighted by atomic mass is 9.80. The summed E-state index contributed by atoms with van der Waals surface area (Å²) in [6.45, 7) is 1.83. The Balaban J connectivity index is 1.84. The van der Waals surface area contributed by atoms with Gasteiger partial charge in [-0.1, -0.05) is 24.5 Å². The van der Waals surface area contributed by atoms with Gasteiger partial charge < -0.3 is 11.1 Å². The number of carbonyl (C=O) groups excluding carboxylic acids is 1. The predicted molar refractivity (Wildman–Crippen MR) is 65.4 cm³/mol. The molecule has 4 N–H and O–H groups in total. The zero-order chi connectivity index (χ0) is 13.0. The van der Waals surface area contributed by atoms with Gasteiger partial charge in [0.15, 0.2) is 5.82 Å². The molecule has 0 saturated heterocycles. The maximum absolute atomic E-state index is 11.9. The van der Waals surface area contributed by atoms with E-state index >= 15 is 0 Å². The molecule has 0 radical (unpaired) electrons. The van der Waals surface area contributed by atoms with Crippen molar-refractivity contribution < 1.29 is 4.79 Å². The molecule has 1 aliphatic carbocycles. The van der Waals surface area contributed by atoms with Gasteiger partial charge >= 0.3 is 0 Å². The lowest BCUT2D eigenvalue weighted by Gasteiger charge is -2.33. The van der Waals surface area contributed by atoms with Gasteiger partial charge in [-0.3, -0.25) is 4.79 Å². The number of rotatable bonds is 4. The van der Waals surface area contributed by atoms with Crippen molar-refractivity contribution in [2.75, 3.05) is 0 Å². The standard InChI is InChI=1S/C11H20N6O/c1-8(10-14-16-17-15-10)13-9(18)7-11(12)5-3-2-4-6-11/h8H,2-7,12H2,1H3,(H,13,18)(H,14,15,16,17).